The summed E-state index contributed by atoms with van der Waals surface area (Å²) >= 11 is 0. The zero-order chi connectivity index (χ0) is 20.4. The number of likely N-dealkylation sites (N-methyl/N-ethyl adjacent to an activating group) is 1. The largest absolute Gasteiger partial charge is 0.496 e. The first-order valence-electron chi connectivity index (χ1n) is 10.6. The van der Waals surface area contributed by atoms with E-state index in [4.69, 9.17) is 4.74 Å². The van der Waals surface area contributed by atoms with Crippen LogP contribution >= 0.6 is 0 Å². The molecule has 3 heterocycles. The van der Waals surface area contributed by atoms with Crippen molar-refractivity contribution >= 4 is 16.8 Å². The smallest absolute Gasteiger partial charge is 0.270 e. The predicted octanol–water partition coefficient (Wildman–Crippen LogP) is 1.78. The van der Waals surface area contributed by atoms with Crippen molar-refractivity contribution in [2.24, 2.45) is 0 Å². The van der Waals surface area contributed by atoms with Gasteiger partial charge in [0, 0.05) is 56.7 Å². The number of hydrogen-bond acceptors (Lipinski definition) is 5. The van der Waals surface area contributed by atoms with Crippen LogP contribution in [-0.4, -0.2) is 96.3 Å². The van der Waals surface area contributed by atoms with Gasteiger partial charge in [0.15, 0.2) is 0 Å². The molecule has 7 heteroatoms. The molecular weight excluding hydrogens is 368 g/mol. The van der Waals surface area contributed by atoms with E-state index < -0.39 is 5.60 Å². The maximum absolute atomic E-state index is 13.1. The third kappa shape index (κ3) is 4.42. The number of nitrogens with zero attached hydrogens (tertiary/aromatic N) is 3. The number of piperazine rings is 1. The Morgan fingerprint density at radius 2 is 1.97 bits per heavy atom. The molecule has 2 saturated heterocycles. The molecule has 2 fully saturated rings. The first-order valence-corrected chi connectivity index (χ1v) is 10.6. The van der Waals surface area contributed by atoms with Crippen molar-refractivity contribution in [2.45, 2.75) is 24.9 Å². The quantitative estimate of drug-likeness (QED) is 0.819. The van der Waals surface area contributed by atoms with E-state index in [0.717, 1.165) is 55.7 Å². The number of aromatic amines is 1. The van der Waals surface area contributed by atoms with E-state index in [1.165, 1.54) is 0 Å². The minimum absolute atomic E-state index is 0.00731. The number of rotatable bonds is 4. The Hall–Kier alpha value is -2.09. The molecular formula is C22H32N4O3. The van der Waals surface area contributed by atoms with Crippen LogP contribution in [-0.2, 0) is 0 Å². The van der Waals surface area contributed by atoms with Gasteiger partial charge in [0.1, 0.15) is 11.4 Å². The van der Waals surface area contributed by atoms with Gasteiger partial charge in [0.2, 0.25) is 0 Å². The van der Waals surface area contributed by atoms with Gasteiger partial charge >= 0.3 is 0 Å². The summed E-state index contributed by atoms with van der Waals surface area (Å²) < 4.78 is 5.41. The maximum Gasteiger partial charge on any atom is 0.270 e. The number of fused-ring (bicyclic) bond motifs is 1. The molecule has 1 aromatic carbocycles. The summed E-state index contributed by atoms with van der Waals surface area (Å²) in [6.45, 7) is 6.05. The van der Waals surface area contributed by atoms with Gasteiger partial charge in [-0.15, -0.1) is 0 Å². The standard InChI is InChI=1S/C22H32N4O3/c1-24-11-13-25(14-12-24)16-22(28)7-4-9-26(10-8-22)21(27)19-15-17-18(23-19)5-3-6-20(17)29-2/h3,5-6,15,23,28H,4,7-14,16H2,1-2H3/t22-/m0/s1. The number of hydrogen-bond donors (Lipinski definition) is 2. The van der Waals surface area contributed by atoms with Crippen LogP contribution in [0.3, 0.4) is 0 Å². The van der Waals surface area contributed by atoms with Crippen LogP contribution in [0.5, 0.6) is 5.75 Å². The highest BCUT2D eigenvalue weighted by atomic mass is 16.5. The first-order chi connectivity index (χ1) is 14.0. The van der Waals surface area contributed by atoms with Gasteiger partial charge in [-0.1, -0.05) is 6.07 Å². The van der Waals surface area contributed by atoms with Gasteiger partial charge in [-0.05, 0) is 44.5 Å². The van der Waals surface area contributed by atoms with Gasteiger partial charge < -0.3 is 24.6 Å². The number of aliphatic hydroxyl groups is 1. The van der Waals surface area contributed by atoms with E-state index in [-0.39, 0.29) is 5.91 Å². The summed E-state index contributed by atoms with van der Waals surface area (Å²) in [5.74, 6) is 0.752. The third-order valence-corrected chi connectivity index (χ3v) is 6.39. The van der Waals surface area contributed by atoms with Crippen molar-refractivity contribution < 1.29 is 14.6 Å². The molecule has 29 heavy (non-hydrogen) atoms. The molecule has 1 amide bonds. The molecule has 0 spiro atoms. The lowest BCUT2D eigenvalue weighted by Crippen LogP contribution is -2.51. The van der Waals surface area contributed by atoms with Crippen molar-refractivity contribution in [1.82, 2.24) is 19.7 Å². The number of ether oxygens (including phenoxy) is 1. The molecule has 2 aliphatic heterocycles. The van der Waals surface area contributed by atoms with Crippen LogP contribution in [0.4, 0.5) is 0 Å². The second-order valence-corrected chi connectivity index (χ2v) is 8.55. The molecule has 7 nitrogen and oxygen atoms in total. The lowest BCUT2D eigenvalue weighted by Gasteiger charge is -2.38. The summed E-state index contributed by atoms with van der Waals surface area (Å²) in [7, 11) is 3.78. The van der Waals surface area contributed by atoms with Crippen LogP contribution in [0.25, 0.3) is 10.9 Å². The fraction of sp³-hybridized carbons (Fsp3) is 0.591. The number of nitrogens with one attached hydrogen (secondary N) is 1. The maximum atomic E-state index is 13.1. The number of β-amino-alcohol motifs (C(OH)–C–C–N with tert-alkyl or cyclic N) is 1. The van der Waals surface area contributed by atoms with Gasteiger partial charge in [-0.25, -0.2) is 0 Å². The van der Waals surface area contributed by atoms with Crippen molar-refractivity contribution in [3.05, 3.63) is 30.0 Å². The molecule has 1 atom stereocenters. The number of methoxy groups -OCH3 is 1. The molecule has 4 rings (SSSR count). The number of benzene rings is 1. The van der Waals surface area contributed by atoms with Crippen LogP contribution < -0.4 is 4.74 Å². The Labute approximate surface area is 172 Å². The zero-order valence-electron chi connectivity index (χ0n) is 17.5. The highest BCUT2D eigenvalue weighted by molar-refractivity contribution is 5.99. The van der Waals surface area contributed by atoms with E-state index in [9.17, 15) is 9.90 Å². The van der Waals surface area contributed by atoms with Crippen molar-refractivity contribution in [3.8, 4) is 5.75 Å². The molecule has 2 aromatic rings. The minimum atomic E-state index is -0.714. The van der Waals surface area contributed by atoms with E-state index in [1.807, 2.05) is 29.2 Å². The van der Waals surface area contributed by atoms with Crippen molar-refractivity contribution in [3.63, 3.8) is 0 Å². The Morgan fingerprint density at radius 1 is 1.17 bits per heavy atom. The SMILES string of the molecule is COc1cccc2[nH]c(C(=O)N3CCC[C@@](O)(CN4CCN(C)CC4)CC3)cc12. The van der Waals surface area contributed by atoms with Crippen LogP contribution in [0.1, 0.15) is 29.8 Å². The summed E-state index contributed by atoms with van der Waals surface area (Å²) in [4.78, 5) is 22.9. The summed E-state index contributed by atoms with van der Waals surface area (Å²) in [5.41, 5.74) is 0.761. The molecule has 158 valence electrons. The fourth-order valence-corrected chi connectivity index (χ4v) is 4.55. The van der Waals surface area contributed by atoms with Gasteiger partial charge in [0.25, 0.3) is 5.91 Å². The fourth-order valence-electron chi connectivity index (χ4n) is 4.55. The highest BCUT2D eigenvalue weighted by Gasteiger charge is 2.34. The predicted molar refractivity (Wildman–Crippen MR) is 113 cm³/mol. The number of aromatic nitrogens is 1. The Balaban J connectivity index is 1.42. The Morgan fingerprint density at radius 3 is 2.72 bits per heavy atom. The number of H-pyrrole nitrogens is 1. The summed E-state index contributed by atoms with van der Waals surface area (Å²) in [5, 5.41) is 12.1. The molecule has 2 aliphatic rings. The van der Waals surface area contributed by atoms with Crippen LogP contribution in [0.2, 0.25) is 0 Å². The average molecular weight is 401 g/mol. The highest BCUT2D eigenvalue weighted by Crippen LogP contribution is 2.28. The van der Waals surface area contributed by atoms with Gasteiger partial charge in [-0.3, -0.25) is 9.69 Å². The Bertz CT molecular complexity index is 859. The van der Waals surface area contributed by atoms with Crippen molar-refractivity contribution in [2.75, 3.05) is 60.0 Å². The molecule has 1 aromatic heterocycles. The second-order valence-electron chi connectivity index (χ2n) is 8.55. The number of carbonyl (C=O) groups is 1. The molecule has 2 N–H and O–H groups in total. The molecule has 0 radical (unpaired) electrons. The van der Waals surface area contributed by atoms with Gasteiger partial charge in [-0.2, -0.15) is 0 Å². The van der Waals surface area contributed by atoms with E-state index in [1.54, 1.807) is 7.11 Å². The lowest BCUT2D eigenvalue weighted by atomic mass is 9.94. The third-order valence-electron chi connectivity index (χ3n) is 6.39. The zero-order valence-corrected chi connectivity index (χ0v) is 17.5. The molecule has 0 bridgehead atoms. The molecule has 0 aliphatic carbocycles. The van der Waals surface area contributed by atoms with E-state index >= 15 is 0 Å². The second kappa shape index (κ2) is 8.34. The Kier molecular flexibility index (Phi) is 5.81. The van der Waals surface area contributed by atoms with Gasteiger partial charge in [0.05, 0.1) is 12.7 Å². The number of likely N-dealkylation sites (tertiary alicyclic amines) is 1. The van der Waals surface area contributed by atoms with E-state index in [0.29, 0.717) is 31.7 Å². The minimum Gasteiger partial charge on any atom is -0.496 e. The normalized spacial score (nSPS) is 24.6. The average Bonchev–Trinajstić information content (AvgIpc) is 3.07. The number of amides is 1. The van der Waals surface area contributed by atoms with Crippen LogP contribution in [0, 0.1) is 0 Å². The number of carbonyl (C=O) groups excluding carboxylic acids is 1. The first kappa shape index (κ1) is 20.2. The van der Waals surface area contributed by atoms with E-state index in [2.05, 4.69) is 21.8 Å². The molecule has 0 unspecified atom stereocenters. The lowest BCUT2D eigenvalue weighted by molar-refractivity contribution is -0.0179. The van der Waals surface area contributed by atoms with Crippen LogP contribution in [0.15, 0.2) is 24.3 Å². The summed E-state index contributed by atoms with van der Waals surface area (Å²) in [6, 6.07) is 7.63. The van der Waals surface area contributed by atoms with Crippen molar-refractivity contribution in [1.29, 1.82) is 0 Å². The molecule has 0 saturated carbocycles. The summed E-state index contributed by atoms with van der Waals surface area (Å²) in [6.07, 6.45) is 2.18. The monoisotopic (exact) mass is 400 g/mol. The topological polar surface area (TPSA) is 72.0 Å².